The van der Waals surface area contributed by atoms with Crippen molar-refractivity contribution in [3.8, 4) is 11.5 Å². The van der Waals surface area contributed by atoms with Crippen LogP contribution in [0.15, 0.2) is 30.9 Å². The quantitative estimate of drug-likeness (QED) is 0.782. The van der Waals surface area contributed by atoms with Crippen LogP contribution in [-0.2, 0) is 0 Å². The lowest BCUT2D eigenvalue weighted by atomic mass is 10.1. The first-order chi connectivity index (χ1) is 10.2. The van der Waals surface area contributed by atoms with Gasteiger partial charge >= 0.3 is 0 Å². The molecule has 0 spiro atoms. The molecule has 1 aromatic carbocycles. The Morgan fingerprint density at radius 1 is 1.48 bits per heavy atom. The van der Waals surface area contributed by atoms with Crippen molar-refractivity contribution in [2.24, 2.45) is 5.92 Å². The number of carbonyl (C=O) groups is 1. The number of fused-ring (bicyclic) bond motifs is 2. The molecule has 4 heteroatoms. The second kappa shape index (κ2) is 5.80. The van der Waals surface area contributed by atoms with Crippen molar-refractivity contribution in [1.29, 1.82) is 0 Å². The monoisotopic (exact) mass is 287 g/mol. The van der Waals surface area contributed by atoms with Gasteiger partial charge < -0.3 is 14.4 Å². The number of benzene rings is 1. The van der Waals surface area contributed by atoms with Crippen LogP contribution in [0.3, 0.4) is 0 Å². The average molecular weight is 287 g/mol. The molecule has 1 heterocycles. The molecular formula is C17H21NO3. The third kappa shape index (κ3) is 2.62. The molecule has 0 N–H and O–H groups in total. The molecule has 1 aromatic rings. The van der Waals surface area contributed by atoms with Gasteiger partial charge in [-0.15, -0.1) is 0 Å². The van der Waals surface area contributed by atoms with Gasteiger partial charge in [-0.2, -0.15) is 0 Å². The Kier molecular flexibility index (Phi) is 3.86. The molecule has 21 heavy (non-hydrogen) atoms. The van der Waals surface area contributed by atoms with Gasteiger partial charge in [-0.05, 0) is 37.3 Å². The van der Waals surface area contributed by atoms with E-state index >= 15 is 0 Å². The van der Waals surface area contributed by atoms with Crippen LogP contribution in [0.25, 0.3) is 0 Å². The van der Waals surface area contributed by atoms with Crippen LogP contribution in [0.5, 0.6) is 11.5 Å². The van der Waals surface area contributed by atoms with Crippen LogP contribution in [0.1, 0.15) is 29.6 Å². The third-order valence-electron chi connectivity index (χ3n) is 4.45. The number of likely N-dealkylation sites (tertiary alicyclic amines) is 1. The molecule has 112 valence electrons. The fourth-order valence-electron chi connectivity index (χ4n) is 3.40. The number of carbonyl (C=O) groups excluding carboxylic acids is 1. The molecule has 2 unspecified atom stereocenters. The van der Waals surface area contributed by atoms with Crippen LogP contribution < -0.4 is 9.47 Å². The minimum absolute atomic E-state index is 0.0731. The van der Waals surface area contributed by atoms with Gasteiger partial charge in [0.05, 0.1) is 12.7 Å². The number of piperidine rings is 1. The topological polar surface area (TPSA) is 38.8 Å². The molecule has 3 rings (SSSR count). The largest absolute Gasteiger partial charge is 0.497 e. The van der Waals surface area contributed by atoms with Crippen LogP contribution in [0.4, 0.5) is 0 Å². The fourth-order valence-corrected chi connectivity index (χ4v) is 3.40. The number of hydrogen-bond acceptors (Lipinski definition) is 3. The highest BCUT2D eigenvalue weighted by Crippen LogP contribution is 2.39. The molecule has 1 aliphatic heterocycles. The van der Waals surface area contributed by atoms with Crippen molar-refractivity contribution in [3.63, 3.8) is 0 Å². The first-order valence-corrected chi connectivity index (χ1v) is 7.45. The van der Waals surface area contributed by atoms with E-state index in [0.29, 0.717) is 35.6 Å². The molecule has 2 fully saturated rings. The molecule has 2 atom stereocenters. The van der Waals surface area contributed by atoms with E-state index in [-0.39, 0.29) is 5.91 Å². The summed E-state index contributed by atoms with van der Waals surface area (Å²) in [5.74, 6) is 2.02. The van der Waals surface area contributed by atoms with Crippen LogP contribution in [0, 0.1) is 5.92 Å². The molecular weight excluding hydrogens is 266 g/mol. The van der Waals surface area contributed by atoms with Gasteiger partial charge in [-0.3, -0.25) is 4.79 Å². The molecule has 2 bridgehead atoms. The molecule has 0 radical (unpaired) electrons. The van der Waals surface area contributed by atoms with Gasteiger partial charge in [0.1, 0.15) is 18.1 Å². The Labute approximate surface area is 125 Å². The number of amides is 1. The summed E-state index contributed by atoms with van der Waals surface area (Å²) in [7, 11) is 1.60. The zero-order chi connectivity index (χ0) is 14.8. The number of ether oxygens (including phenoxy) is 2. The summed E-state index contributed by atoms with van der Waals surface area (Å²) in [6.07, 6.45) is 5.22. The Hall–Kier alpha value is -1.97. The smallest absolute Gasteiger partial charge is 0.257 e. The van der Waals surface area contributed by atoms with Crippen molar-refractivity contribution in [1.82, 2.24) is 4.90 Å². The summed E-state index contributed by atoms with van der Waals surface area (Å²) < 4.78 is 10.9. The van der Waals surface area contributed by atoms with Crippen molar-refractivity contribution < 1.29 is 14.3 Å². The van der Waals surface area contributed by atoms with E-state index in [1.54, 1.807) is 25.3 Å². The molecule has 1 aliphatic carbocycles. The lowest BCUT2D eigenvalue weighted by Gasteiger charge is -2.27. The molecule has 0 aromatic heterocycles. The SMILES string of the molecule is C=CCOc1cc(OC)ccc1C(=O)N1CC2CCC1C2. The van der Waals surface area contributed by atoms with E-state index in [9.17, 15) is 4.79 Å². The van der Waals surface area contributed by atoms with E-state index in [4.69, 9.17) is 9.47 Å². The summed E-state index contributed by atoms with van der Waals surface area (Å²) in [6.45, 7) is 4.91. The number of methoxy groups -OCH3 is 1. The summed E-state index contributed by atoms with van der Waals surface area (Å²) >= 11 is 0. The highest BCUT2D eigenvalue weighted by Gasteiger charge is 2.41. The predicted molar refractivity (Wildman–Crippen MR) is 80.9 cm³/mol. The van der Waals surface area contributed by atoms with E-state index < -0.39 is 0 Å². The zero-order valence-electron chi connectivity index (χ0n) is 12.4. The number of hydrogen-bond donors (Lipinski definition) is 0. The molecule has 1 saturated heterocycles. The van der Waals surface area contributed by atoms with E-state index in [1.807, 2.05) is 11.0 Å². The van der Waals surface area contributed by atoms with Crippen LogP contribution >= 0.6 is 0 Å². The second-order valence-corrected chi connectivity index (χ2v) is 5.75. The fraction of sp³-hybridized carbons (Fsp3) is 0.471. The van der Waals surface area contributed by atoms with Crippen LogP contribution in [-0.4, -0.2) is 37.1 Å². The standard InChI is InChI=1S/C17H21NO3/c1-3-8-21-16-10-14(20-2)6-7-15(16)17(19)18-11-12-4-5-13(18)9-12/h3,6-7,10,12-13H,1,4-5,8-9,11H2,2H3. The van der Waals surface area contributed by atoms with Crippen LogP contribution in [0.2, 0.25) is 0 Å². The number of rotatable bonds is 5. The summed E-state index contributed by atoms with van der Waals surface area (Å²) in [6, 6.07) is 5.79. The van der Waals surface area contributed by atoms with E-state index in [2.05, 4.69) is 6.58 Å². The first kappa shape index (κ1) is 14.0. The maximum atomic E-state index is 12.8. The van der Waals surface area contributed by atoms with Gasteiger partial charge in [0.25, 0.3) is 5.91 Å². The maximum Gasteiger partial charge on any atom is 0.257 e. The molecule has 1 saturated carbocycles. The summed E-state index contributed by atoms with van der Waals surface area (Å²) in [5, 5.41) is 0. The van der Waals surface area contributed by atoms with Gasteiger partial charge in [0.15, 0.2) is 0 Å². The maximum absolute atomic E-state index is 12.8. The molecule has 4 nitrogen and oxygen atoms in total. The highest BCUT2D eigenvalue weighted by atomic mass is 16.5. The normalized spacial score (nSPS) is 23.2. The molecule has 2 aliphatic rings. The van der Waals surface area contributed by atoms with Crippen molar-refractivity contribution in [2.45, 2.75) is 25.3 Å². The Bertz CT molecular complexity index is 555. The zero-order valence-corrected chi connectivity index (χ0v) is 12.4. The predicted octanol–water partition coefficient (Wildman–Crippen LogP) is 2.88. The minimum atomic E-state index is 0.0731. The summed E-state index contributed by atoms with van der Waals surface area (Å²) in [4.78, 5) is 14.8. The number of nitrogens with zero attached hydrogens (tertiary/aromatic N) is 1. The Morgan fingerprint density at radius 2 is 2.33 bits per heavy atom. The third-order valence-corrected chi connectivity index (χ3v) is 4.45. The highest BCUT2D eigenvalue weighted by molar-refractivity contribution is 5.97. The molecule has 1 amide bonds. The van der Waals surface area contributed by atoms with Gasteiger partial charge in [-0.25, -0.2) is 0 Å². The van der Waals surface area contributed by atoms with Gasteiger partial charge in [-0.1, -0.05) is 12.7 Å². The Morgan fingerprint density at radius 3 is 2.95 bits per heavy atom. The Balaban J connectivity index is 1.85. The van der Waals surface area contributed by atoms with Crippen molar-refractivity contribution >= 4 is 5.91 Å². The lowest BCUT2D eigenvalue weighted by molar-refractivity contribution is 0.0699. The van der Waals surface area contributed by atoms with Crippen molar-refractivity contribution in [2.75, 3.05) is 20.3 Å². The van der Waals surface area contributed by atoms with Gasteiger partial charge in [0, 0.05) is 18.7 Å². The lowest BCUT2D eigenvalue weighted by Crippen LogP contribution is -2.37. The van der Waals surface area contributed by atoms with Gasteiger partial charge in [0.2, 0.25) is 0 Å². The first-order valence-electron chi connectivity index (χ1n) is 7.45. The van der Waals surface area contributed by atoms with E-state index in [0.717, 1.165) is 19.4 Å². The second-order valence-electron chi connectivity index (χ2n) is 5.75. The van der Waals surface area contributed by atoms with Crippen molar-refractivity contribution in [3.05, 3.63) is 36.4 Å². The summed E-state index contributed by atoms with van der Waals surface area (Å²) in [5.41, 5.74) is 0.616. The average Bonchev–Trinajstić information content (AvgIpc) is 3.15. The van der Waals surface area contributed by atoms with E-state index in [1.165, 1.54) is 6.42 Å². The minimum Gasteiger partial charge on any atom is -0.497 e.